The van der Waals surface area contributed by atoms with Gasteiger partial charge in [0.25, 0.3) is 5.95 Å². The molecule has 0 aliphatic rings. The summed E-state index contributed by atoms with van der Waals surface area (Å²) in [5.74, 6) is 0.374. The van der Waals surface area contributed by atoms with Crippen LogP contribution < -0.4 is 20.5 Å². The Labute approximate surface area is 189 Å². The quantitative estimate of drug-likeness (QED) is 0.424. The van der Waals surface area contributed by atoms with E-state index in [-0.39, 0.29) is 23.1 Å². The first-order chi connectivity index (χ1) is 16.0. The zero-order valence-corrected chi connectivity index (χ0v) is 18.4. The smallest absolute Gasteiger partial charge is 0.350 e. The molecule has 0 bridgehead atoms. The number of ether oxygens (including phenoxy) is 2. The number of aromatic amines is 1. The summed E-state index contributed by atoms with van der Waals surface area (Å²) in [7, 11) is 1.44. The standard InChI is InChI=1S/C23H23FN6O3/c1-4-33-19-12-16(17(24)13-18(19)32-3)20(27-15-8-6-14(2)7-9-15)21-28-23(31)30(29-21)22-25-10-5-11-26-22/h5-13,20,27H,4H2,1-3H3,(H,28,29,31). The van der Waals surface area contributed by atoms with Crippen LogP contribution in [-0.4, -0.2) is 38.4 Å². The number of benzene rings is 2. The van der Waals surface area contributed by atoms with Crippen LogP contribution in [0, 0.1) is 12.7 Å². The molecule has 0 aliphatic carbocycles. The largest absolute Gasteiger partial charge is 0.493 e. The van der Waals surface area contributed by atoms with Crippen molar-refractivity contribution in [1.29, 1.82) is 0 Å². The van der Waals surface area contributed by atoms with Crippen LogP contribution in [0.15, 0.2) is 59.7 Å². The summed E-state index contributed by atoms with van der Waals surface area (Å²) in [6, 6.07) is 11.1. The maximum atomic E-state index is 15.3. The van der Waals surface area contributed by atoms with Crippen LogP contribution >= 0.6 is 0 Å². The first kappa shape index (κ1) is 22.0. The normalized spacial score (nSPS) is 11.8. The summed E-state index contributed by atoms with van der Waals surface area (Å²) in [5, 5.41) is 7.61. The number of hydrogen-bond acceptors (Lipinski definition) is 7. The van der Waals surface area contributed by atoms with Gasteiger partial charge in [-0.1, -0.05) is 17.7 Å². The van der Waals surface area contributed by atoms with Crippen LogP contribution in [0.25, 0.3) is 5.95 Å². The third kappa shape index (κ3) is 4.69. The van der Waals surface area contributed by atoms with Crippen molar-refractivity contribution in [1.82, 2.24) is 24.7 Å². The first-order valence-electron chi connectivity index (χ1n) is 10.3. The Morgan fingerprint density at radius 3 is 2.55 bits per heavy atom. The average molecular weight is 450 g/mol. The van der Waals surface area contributed by atoms with E-state index in [1.807, 2.05) is 38.1 Å². The van der Waals surface area contributed by atoms with Gasteiger partial charge in [0.2, 0.25) is 0 Å². The predicted octanol–water partition coefficient (Wildman–Crippen LogP) is 3.41. The van der Waals surface area contributed by atoms with Crippen LogP contribution in [0.4, 0.5) is 10.1 Å². The topological polar surface area (TPSA) is 107 Å². The number of aryl methyl sites for hydroxylation is 1. The van der Waals surface area contributed by atoms with E-state index in [1.54, 1.807) is 12.1 Å². The lowest BCUT2D eigenvalue weighted by Gasteiger charge is -2.21. The van der Waals surface area contributed by atoms with E-state index in [9.17, 15) is 4.79 Å². The van der Waals surface area contributed by atoms with Gasteiger partial charge in [-0.15, -0.1) is 9.78 Å². The summed E-state index contributed by atoms with van der Waals surface area (Å²) in [4.78, 5) is 23.5. The maximum absolute atomic E-state index is 15.3. The highest BCUT2D eigenvalue weighted by atomic mass is 19.1. The molecule has 170 valence electrons. The SMILES string of the molecule is CCOc1cc(C(Nc2ccc(C)cc2)c2nn(-c3ncccn3)c(=O)[nH]2)c(F)cc1OC. The van der Waals surface area contributed by atoms with E-state index in [2.05, 4.69) is 25.4 Å². The molecule has 0 spiro atoms. The molecule has 33 heavy (non-hydrogen) atoms. The highest BCUT2D eigenvalue weighted by Crippen LogP contribution is 2.35. The van der Waals surface area contributed by atoms with Gasteiger partial charge < -0.3 is 14.8 Å². The van der Waals surface area contributed by atoms with E-state index in [0.717, 1.165) is 10.2 Å². The van der Waals surface area contributed by atoms with E-state index in [4.69, 9.17) is 9.47 Å². The van der Waals surface area contributed by atoms with E-state index in [0.29, 0.717) is 18.0 Å². The van der Waals surface area contributed by atoms with Crippen LogP contribution in [-0.2, 0) is 0 Å². The molecule has 0 saturated heterocycles. The van der Waals surface area contributed by atoms with Crippen molar-refractivity contribution in [2.24, 2.45) is 0 Å². The van der Waals surface area contributed by atoms with Gasteiger partial charge in [-0.3, -0.25) is 4.98 Å². The minimum atomic E-state index is -0.851. The lowest BCUT2D eigenvalue weighted by molar-refractivity contribution is 0.308. The van der Waals surface area contributed by atoms with Gasteiger partial charge in [-0.25, -0.2) is 19.2 Å². The fraction of sp³-hybridized carbons (Fsp3) is 0.217. The molecular formula is C23H23FN6O3. The second-order valence-electron chi connectivity index (χ2n) is 7.18. The maximum Gasteiger partial charge on any atom is 0.350 e. The van der Waals surface area contributed by atoms with Gasteiger partial charge in [0.15, 0.2) is 17.3 Å². The van der Waals surface area contributed by atoms with Crippen molar-refractivity contribution < 1.29 is 13.9 Å². The Kier molecular flexibility index (Phi) is 6.34. The Hall–Kier alpha value is -4.21. The van der Waals surface area contributed by atoms with Crippen molar-refractivity contribution in [3.63, 3.8) is 0 Å². The molecule has 2 aromatic carbocycles. The Bertz CT molecular complexity index is 1290. The zero-order chi connectivity index (χ0) is 23.4. The molecule has 0 aliphatic heterocycles. The highest BCUT2D eigenvalue weighted by Gasteiger charge is 2.26. The van der Waals surface area contributed by atoms with Gasteiger partial charge in [-0.05, 0) is 38.1 Å². The van der Waals surface area contributed by atoms with E-state index in [1.165, 1.54) is 25.6 Å². The Morgan fingerprint density at radius 2 is 1.88 bits per heavy atom. The van der Waals surface area contributed by atoms with Crippen molar-refractivity contribution in [3.8, 4) is 17.4 Å². The second kappa shape index (κ2) is 9.51. The van der Waals surface area contributed by atoms with Crippen LogP contribution in [0.5, 0.6) is 11.5 Å². The average Bonchev–Trinajstić information content (AvgIpc) is 3.21. The van der Waals surface area contributed by atoms with Crippen LogP contribution in [0.3, 0.4) is 0 Å². The van der Waals surface area contributed by atoms with Crippen LogP contribution in [0.1, 0.15) is 29.9 Å². The van der Waals surface area contributed by atoms with Gasteiger partial charge >= 0.3 is 5.69 Å². The molecular weight excluding hydrogens is 427 g/mol. The van der Waals surface area contributed by atoms with E-state index < -0.39 is 17.5 Å². The zero-order valence-electron chi connectivity index (χ0n) is 18.4. The molecule has 1 unspecified atom stereocenters. The molecule has 0 fully saturated rings. The molecule has 9 nitrogen and oxygen atoms in total. The second-order valence-corrected chi connectivity index (χ2v) is 7.18. The van der Waals surface area contributed by atoms with Crippen molar-refractivity contribution in [2.45, 2.75) is 19.9 Å². The molecule has 4 rings (SSSR count). The summed E-state index contributed by atoms with van der Waals surface area (Å²) in [6.45, 7) is 4.16. The number of H-pyrrole nitrogens is 1. The lowest BCUT2D eigenvalue weighted by atomic mass is 10.0. The Morgan fingerprint density at radius 1 is 1.15 bits per heavy atom. The minimum Gasteiger partial charge on any atom is -0.493 e. The number of nitrogens with one attached hydrogen (secondary N) is 2. The molecule has 0 radical (unpaired) electrons. The fourth-order valence-corrected chi connectivity index (χ4v) is 3.32. The third-order valence-corrected chi connectivity index (χ3v) is 4.91. The molecule has 4 aromatic rings. The number of halogens is 1. The van der Waals surface area contributed by atoms with Crippen molar-refractivity contribution in [2.75, 3.05) is 19.0 Å². The number of hydrogen-bond donors (Lipinski definition) is 2. The number of anilines is 1. The van der Waals surface area contributed by atoms with Gasteiger partial charge in [0, 0.05) is 29.7 Å². The summed E-state index contributed by atoms with van der Waals surface area (Å²) in [6.07, 6.45) is 3.01. The highest BCUT2D eigenvalue weighted by molar-refractivity contribution is 5.52. The van der Waals surface area contributed by atoms with Gasteiger partial charge in [0.1, 0.15) is 11.9 Å². The molecule has 10 heteroatoms. The van der Waals surface area contributed by atoms with E-state index >= 15 is 4.39 Å². The summed E-state index contributed by atoms with van der Waals surface area (Å²) < 4.78 is 27.2. The summed E-state index contributed by atoms with van der Waals surface area (Å²) in [5.41, 5.74) is 1.45. The number of rotatable bonds is 8. The molecule has 2 N–H and O–H groups in total. The Balaban J connectivity index is 1.84. The molecule has 2 aromatic heterocycles. The molecule has 0 amide bonds. The molecule has 0 saturated carbocycles. The number of aromatic nitrogens is 5. The number of methoxy groups -OCH3 is 1. The first-order valence-corrected chi connectivity index (χ1v) is 10.3. The number of nitrogens with zero attached hydrogens (tertiary/aromatic N) is 4. The monoisotopic (exact) mass is 450 g/mol. The summed E-state index contributed by atoms with van der Waals surface area (Å²) >= 11 is 0. The molecule has 2 heterocycles. The van der Waals surface area contributed by atoms with Crippen LogP contribution in [0.2, 0.25) is 0 Å². The third-order valence-electron chi connectivity index (χ3n) is 4.91. The van der Waals surface area contributed by atoms with Crippen molar-refractivity contribution >= 4 is 5.69 Å². The fourth-order valence-electron chi connectivity index (χ4n) is 3.32. The predicted molar refractivity (Wildman–Crippen MR) is 121 cm³/mol. The molecule has 1 atom stereocenters. The lowest BCUT2D eigenvalue weighted by Crippen LogP contribution is -2.18. The van der Waals surface area contributed by atoms with Gasteiger partial charge in [-0.2, -0.15) is 0 Å². The minimum absolute atomic E-state index is 0.101. The van der Waals surface area contributed by atoms with Gasteiger partial charge in [0.05, 0.1) is 13.7 Å². The van der Waals surface area contributed by atoms with Crippen molar-refractivity contribution in [3.05, 3.63) is 88.1 Å².